The van der Waals surface area contributed by atoms with Crippen LogP contribution in [0.1, 0.15) is 12.8 Å². The Kier molecular flexibility index (Phi) is 3.34. The molecule has 1 amide bonds. The van der Waals surface area contributed by atoms with Crippen LogP contribution in [0.15, 0.2) is 17.7 Å². The van der Waals surface area contributed by atoms with Crippen LogP contribution in [0.2, 0.25) is 0 Å². The maximum atomic E-state index is 11.4. The second-order valence-electron chi connectivity index (χ2n) is 4.49. The molecule has 1 atom stereocenters. The van der Waals surface area contributed by atoms with E-state index < -0.39 is 0 Å². The van der Waals surface area contributed by atoms with Gasteiger partial charge in [-0.25, -0.2) is 15.0 Å². The van der Waals surface area contributed by atoms with Crippen molar-refractivity contribution in [2.45, 2.75) is 30.0 Å². The number of nitrogens with two attached hydrogens (primary N) is 1. The molecular weight excluding hydrogens is 264 g/mol. The molecule has 3 rings (SSSR count). The molecule has 100 valence electrons. The molecule has 0 bridgehead atoms. The summed E-state index contributed by atoms with van der Waals surface area (Å²) in [5.41, 5.74) is 6.82. The number of nitrogens with one attached hydrogen (secondary N) is 2. The van der Waals surface area contributed by atoms with Crippen molar-refractivity contribution < 1.29 is 4.79 Å². The number of fused-ring (bicyclic) bond motifs is 1. The number of amides is 1. The molecule has 0 spiro atoms. The third kappa shape index (κ3) is 2.85. The minimum atomic E-state index is -0.328. The van der Waals surface area contributed by atoms with Crippen molar-refractivity contribution in [3.63, 3.8) is 0 Å². The zero-order chi connectivity index (χ0) is 13.2. The highest BCUT2D eigenvalue weighted by atomic mass is 32.2. The standard InChI is InChI=1S/C11H14N6OS/c12-9(18)7(17-6-1-2-6)3-19-11-8-10(14-4-13-8)15-5-16-11/h4-7,17H,1-3H2,(H2,12,18)(H,13,14,15,16). The monoisotopic (exact) mass is 278 g/mol. The van der Waals surface area contributed by atoms with Crippen molar-refractivity contribution in [3.05, 3.63) is 12.7 Å². The summed E-state index contributed by atoms with van der Waals surface area (Å²) in [6.07, 6.45) is 5.29. The number of aromatic amines is 1. The molecule has 7 nitrogen and oxygen atoms in total. The van der Waals surface area contributed by atoms with Crippen LogP contribution in [0.25, 0.3) is 11.2 Å². The van der Waals surface area contributed by atoms with E-state index in [4.69, 9.17) is 5.73 Å². The molecule has 2 aromatic heterocycles. The van der Waals surface area contributed by atoms with Crippen LogP contribution in [-0.2, 0) is 4.79 Å². The second kappa shape index (κ2) is 5.14. The van der Waals surface area contributed by atoms with Gasteiger partial charge in [-0.15, -0.1) is 11.8 Å². The van der Waals surface area contributed by atoms with Crippen LogP contribution in [-0.4, -0.2) is 43.7 Å². The highest BCUT2D eigenvalue weighted by Gasteiger charge is 2.27. The van der Waals surface area contributed by atoms with Gasteiger partial charge in [0.2, 0.25) is 5.91 Å². The molecule has 1 aliphatic rings. The van der Waals surface area contributed by atoms with Crippen molar-refractivity contribution in [2.24, 2.45) is 5.73 Å². The lowest BCUT2D eigenvalue weighted by Crippen LogP contribution is -2.44. The summed E-state index contributed by atoms with van der Waals surface area (Å²) in [4.78, 5) is 26.7. The average Bonchev–Trinajstić information content (AvgIpc) is 3.08. The van der Waals surface area contributed by atoms with Crippen molar-refractivity contribution in [1.82, 2.24) is 25.3 Å². The fourth-order valence-corrected chi connectivity index (χ4v) is 2.76. The Morgan fingerprint density at radius 1 is 1.53 bits per heavy atom. The second-order valence-corrected chi connectivity index (χ2v) is 5.50. The van der Waals surface area contributed by atoms with E-state index in [0.717, 1.165) is 23.4 Å². The molecule has 4 N–H and O–H groups in total. The number of H-pyrrole nitrogens is 1. The van der Waals surface area contributed by atoms with Crippen LogP contribution in [0, 0.1) is 0 Å². The maximum absolute atomic E-state index is 11.4. The summed E-state index contributed by atoms with van der Waals surface area (Å²) in [5, 5.41) is 4.02. The molecule has 1 unspecified atom stereocenters. The molecule has 0 saturated heterocycles. The largest absolute Gasteiger partial charge is 0.368 e. The molecule has 2 aromatic rings. The lowest BCUT2D eigenvalue weighted by molar-refractivity contribution is -0.119. The van der Waals surface area contributed by atoms with Gasteiger partial charge in [0, 0.05) is 11.8 Å². The molecule has 1 saturated carbocycles. The Morgan fingerprint density at radius 3 is 3.11 bits per heavy atom. The summed E-state index contributed by atoms with van der Waals surface area (Å²) in [6.45, 7) is 0. The predicted molar refractivity (Wildman–Crippen MR) is 71.5 cm³/mol. The topological polar surface area (TPSA) is 110 Å². The smallest absolute Gasteiger partial charge is 0.235 e. The van der Waals surface area contributed by atoms with Crippen molar-refractivity contribution in [1.29, 1.82) is 0 Å². The molecule has 1 fully saturated rings. The minimum absolute atomic E-state index is 0.325. The van der Waals surface area contributed by atoms with E-state index in [9.17, 15) is 4.79 Å². The van der Waals surface area contributed by atoms with Gasteiger partial charge in [0.25, 0.3) is 0 Å². The Bertz CT molecular complexity index is 596. The van der Waals surface area contributed by atoms with Crippen LogP contribution in [0.3, 0.4) is 0 Å². The number of primary amides is 1. The summed E-state index contributed by atoms with van der Waals surface area (Å²) in [7, 11) is 0. The molecule has 0 radical (unpaired) electrons. The molecule has 0 aromatic carbocycles. The van der Waals surface area contributed by atoms with Gasteiger partial charge in [0.1, 0.15) is 16.9 Å². The Morgan fingerprint density at radius 2 is 2.37 bits per heavy atom. The molecule has 8 heteroatoms. The third-order valence-corrected chi connectivity index (χ3v) is 4.02. The summed E-state index contributed by atoms with van der Waals surface area (Å²) in [5.74, 6) is 0.228. The number of thioether (sulfide) groups is 1. The summed E-state index contributed by atoms with van der Waals surface area (Å²) >= 11 is 1.48. The molecule has 1 aliphatic carbocycles. The normalized spacial score (nSPS) is 16.6. The number of rotatable bonds is 6. The van der Waals surface area contributed by atoms with Crippen molar-refractivity contribution in [3.8, 4) is 0 Å². The first-order valence-corrected chi connectivity index (χ1v) is 7.05. The first-order valence-electron chi connectivity index (χ1n) is 6.06. The zero-order valence-corrected chi connectivity index (χ0v) is 11.0. The van der Waals surface area contributed by atoms with Gasteiger partial charge in [-0.2, -0.15) is 0 Å². The van der Waals surface area contributed by atoms with Gasteiger partial charge in [-0.3, -0.25) is 4.79 Å². The summed E-state index contributed by atoms with van der Waals surface area (Å²) < 4.78 is 0. The molecule has 2 heterocycles. The van der Waals surface area contributed by atoms with Gasteiger partial charge in [-0.1, -0.05) is 0 Å². The van der Waals surface area contributed by atoms with Crippen molar-refractivity contribution >= 4 is 28.8 Å². The first-order chi connectivity index (χ1) is 9.24. The number of imidazole rings is 1. The number of hydrogen-bond donors (Lipinski definition) is 3. The van der Waals surface area contributed by atoms with E-state index in [-0.39, 0.29) is 11.9 Å². The van der Waals surface area contributed by atoms with Crippen LogP contribution in [0.5, 0.6) is 0 Å². The summed E-state index contributed by atoms with van der Waals surface area (Å²) in [6, 6.07) is 0.112. The Balaban J connectivity index is 1.69. The average molecular weight is 278 g/mol. The SMILES string of the molecule is NC(=O)C(CSc1ncnc2nc[nH]c12)NC1CC1. The molecule has 19 heavy (non-hydrogen) atoms. The van der Waals surface area contributed by atoms with Gasteiger partial charge in [0.05, 0.1) is 12.4 Å². The van der Waals surface area contributed by atoms with E-state index >= 15 is 0 Å². The van der Waals surface area contributed by atoms with E-state index in [1.165, 1.54) is 18.1 Å². The van der Waals surface area contributed by atoms with Crippen LogP contribution in [0.4, 0.5) is 0 Å². The fraction of sp³-hybridized carbons (Fsp3) is 0.455. The highest BCUT2D eigenvalue weighted by molar-refractivity contribution is 7.99. The number of nitrogens with zero attached hydrogens (tertiary/aromatic N) is 3. The fourth-order valence-electron chi connectivity index (χ4n) is 1.76. The van der Waals surface area contributed by atoms with E-state index in [1.54, 1.807) is 6.33 Å². The number of hydrogen-bond acceptors (Lipinski definition) is 6. The van der Waals surface area contributed by atoms with Gasteiger partial charge < -0.3 is 16.0 Å². The molecular formula is C11H14N6OS. The third-order valence-electron chi connectivity index (χ3n) is 2.93. The molecule has 0 aliphatic heterocycles. The minimum Gasteiger partial charge on any atom is -0.368 e. The van der Waals surface area contributed by atoms with Crippen LogP contribution >= 0.6 is 11.8 Å². The van der Waals surface area contributed by atoms with Crippen molar-refractivity contribution in [2.75, 3.05) is 5.75 Å². The lowest BCUT2D eigenvalue weighted by Gasteiger charge is -2.14. The highest BCUT2D eigenvalue weighted by Crippen LogP contribution is 2.24. The Hall–Kier alpha value is -1.67. The lowest BCUT2D eigenvalue weighted by atomic mass is 10.3. The number of aromatic nitrogens is 4. The van der Waals surface area contributed by atoms with Crippen LogP contribution < -0.4 is 11.1 Å². The quantitative estimate of drug-likeness (QED) is 0.509. The first kappa shape index (κ1) is 12.4. The van der Waals surface area contributed by atoms with Gasteiger partial charge in [0.15, 0.2) is 5.65 Å². The van der Waals surface area contributed by atoms with Gasteiger partial charge >= 0.3 is 0 Å². The number of carbonyl (C=O) groups excluding carboxylic acids is 1. The van der Waals surface area contributed by atoms with Gasteiger partial charge in [-0.05, 0) is 12.8 Å². The van der Waals surface area contributed by atoms with E-state index in [0.29, 0.717) is 17.4 Å². The zero-order valence-electron chi connectivity index (χ0n) is 10.2. The maximum Gasteiger partial charge on any atom is 0.235 e. The number of carbonyl (C=O) groups is 1. The predicted octanol–water partition coefficient (Wildman–Crippen LogP) is 0.0509. The van der Waals surface area contributed by atoms with E-state index in [1.807, 2.05) is 0 Å². The van der Waals surface area contributed by atoms with E-state index in [2.05, 4.69) is 25.3 Å². The Labute approximate surface area is 113 Å².